The lowest BCUT2D eigenvalue weighted by molar-refractivity contribution is -0.115. The van der Waals surface area contributed by atoms with Crippen molar-refractivity contribution >= 4 is 23.1 Å². The van der Waals surface area contributed by atoms with Crippen molar-refractivity contribution in [2.45, 2.75) is 13.3 Å². The molecule has 0 unspecified atom stereocenters. The van der Waals surface area contributed by atoms with Crippen LogP contribution in [-0.2, 0) is 11.2 Å². The molecule has 0 saturated carbocycles. The van der Waals surface area contributed by atoms with Gasteiger partial charge in [-0.2, -0.15) is 0 Å². The highest BCUT2D eigenvalue weighted by molar-refractivity contribution is 5.91. The maximum Gasteiger partial charge on any atom is 0.230 e. The molecule has 5 nitrogen and oxygen atoms in total. The molecule has 138 valence electrons. The summed E-state index contributed by atoms with van der Waals surface area (Å²) in [5, 5.41) is 5.91. The summed E-state index contributed by atoms with van der Waals surface area (Å²) in [4.78, 5) is 16.3. The van der Waals surface area contributed by atoms with Gasteiger partial charge in [-0.05, 0) is 48.4 Å². The molecule has 0 saturated heterocycles. The summed E-state index contributed by atoms with van der Waals surface area (Å²) < 4.78 is 19.0. The van der Waals surface area contributed by atoms with Crippen LogP contribution in [0.25, 0.3) is 0 Å². The lowest BCUT2D eigenvalue weighted by atomic mass is 10.1. The molecule has 3 rings (SSSR count). The van der Waals surface area contributed by atoms with Gasteiger partial charge in [-0.15, -0.1) is 0 Å². The zero-order valence-corrected chi connectivity index (χ0v) is 15.1. The molecule has 27 heavy (non-hydrogen) atoms. The van der Waals surface area contributed by atoms with Crippen molar-refractivity contribution in [3.8, 4) is 5.75 Å². The van der Waals surface area contributed by atoms with Crippen molar-refractivity contribution in [1.29, 1.82) is 0 Å². The molecule has 0 aliphatic carbocycles. The van der Waals surface area contributed by atoms with Crippen molar-refractivity contribution in [3.05, 3.63) is 77.7 Å². The lowest BCUT2D eigenvalue weighted by Gasteiger charge is -2.12. The number of nitrogens with zero attached hydrogens (tertiary/aromatic N) is 1. The number of carbonyl (C=O) groups excluding carboxylic acids is 1. The highest BCUT2D eigenvalue weighted by Gasteiger charge is 2.09. The van der Waals surface area contributed by atoms with E-state index in [4.69, 9.17) is 4.74 Å². The number of ether oxygens (including phenoxy) is 1. The predicted molar refractivity (Wildman–Crippen MR) is 104 cm³/mol. The SMILES string of the molecule is COc1ccc(C)cc1Nc1ccc(NC(=O)Cc2ccccc2F)nc1. The Morgan fingerprint density at radius 1 is 1.15 bits per heavy atom. The quantitative estimate of drug-likeness (QED) is 0.677. The number of pyridine rings is 1. The maximum absolute atomic E-state index is 13.6. The average molecular weight is 365 g/mol. The molecule has 2 aromatic carbocycles. The maximum atomic E-state index is 13.6. The third kappa shape index (κ3) is 4.82. The van der Waals surface area contributed by atoms with E-state index in [0.29, 0.717) is 11.4 Å². The number of benzene rings is 2. The standard InChI is InChI=1S/C21H20FN3O2/c1-14-7-9-19(27-2)18(11-14)24-16-8-10-20(23-13-16)25-21(26)12-15-5-3-4-6-17(15)22/h3-11,13,24H,12H2,1-2H3,(H,23,25,26). The largest absolute Gasteiger partial charge is 0.495 e. The number of hydrogen-bond acceptors (Lipinski definition) is 4. The normalized spacial score (nSPS) is 10.3. The predicted octanol–water partition coefficient (Wildman–Crippen LogP) is 4.46. The van der Waals surface area contributed by atoms with E-state index < -0.39 is 5.82 Å². The van der Waals surface area contributed by atoms with E-state index in [1.807, 2.05) is 25.1 Å². The molecule has 3 aromatic rings. The van der Waals surface area contributed by atoms with Crippen LogP contribution in [0.4, 0.5) is 21.6 Å². The Hall–Kier alpha value is -3.41. The van der Waals surface area contributed by atoms with Gasteiger partial charge < -0.3 is 15.4 Å². The van der Waals surface area contributed by atoms with Crippen LogP contribution in [0.5, 0.6) is 5.75 Å². The second-order valence-electron chi connectivity index (χ2n) is 6.08. The number of methoxy groups -OCH3 is 1. The first-order chi connectivity index (χ1) is 13.0. The Labute approximate surface area is 157 Å². The Morgan fingerprint density at radius 3 is 2.67 bits per heavy atom. The van der Waals surface area contributed by atoms with Crippen LogP contribution in [0.3, 0.4) is 0 Å². The van der Waals surface area contributed by atoms with Crippen LogP contribution in [0.15, 0.2) is 60.8 Å². The molecule has 1 aromatic heterocycles. The monoisotopic (exact) mass is 365 g/mol. The van der Waals surface area contributed by atoms with Crippen LogP contribution in [0.2, 0.25) is 0 Å². The number of anilines is 3. The van der Waals surface area contributed by atoms with Gasteiger partial charge in [-0.1, -0.05) is 24.3 Å². The number of aromatic nitrogens is 1. The number of nitrogens with one attached hydrogen (secondary N) is 2. The summed E-state index contributed by atoms with van der Waals surface area (Å²) in [5.74, 6) is 0.405. The molecular weight excluding hydrogens is 345 g/mol. The first kappa shape index (κ1) is 18.4. The smallest absolute Gasteiger partial charge is 0.230 e. The fourth-order valence-corrected chi connectivity index (χ4v) is 2.62. The van der Waals surface area contributed by atoms with E-state index in [-0.39, 0.29) is 12.3 Å². The molecule has 0 aliphatic heterocycles. The van der Waals surface area contributed by atoms with Gasteiger partial charge in [-0.25, -0.2) is 9.37 Å². The van der Waals surface area contributed by atoms with Crippen molar-refractivity contribution < 1.29 is 13.9 Å². The van der Waals surface area contributed by atoms with E-state index in [9.17, 15) is 9.18 Å². The summed E-state index contributed by atoms with van der Waals surface area (Å²) in [6.45, 7) is 2.00. The Kier molecular flexibility index (Phi) is 5.66. The minimum absolute atomic E-state index is 0.0468. The first-order valence-corrected chi connectivity index (χ1v) is 8.46. The molecule has 0 atom stereocenters. The van der Waals surface area contributed by atoms with E-state index in [1.165, 1.54) is 6.07 Å². The second-order valence-corrected chi connectivity index (χ2v) is 6.08. The van der Waals surface area contributed by atoms with Gasteiger partial charge >= 0.3 is 0 Å². The number of aryl methyl sites for hydroxylation is 1. The number of hydrogen-bond donors (Lipinski definition) is 2. The number of amides is 1. The van der Waals surface area contributed by atoms with Gasteiger partial charge in [0.15, 0.2) is 0 Å². The number of rotatable bonds is 6. The zero-order chi connectivity index (χ0) is 19.2. The van der Waals surface area contributed by atoms with Gasteiger partial charge in [0.25, 0.3) is 0 Å². The zero-order valence-electron chi connectivity index (χ0n) is 15.1. The molecule has 0 bridgehead atoms. The molecule has 0 fully saturated rings. The molecule has 0 aliphatic rings. The Bertz CT molecular complexity index is 942. The summed E-state index contributed by atoms with van der Waals surface area (Å²) in [5.41, 5.74) is 3.03. The summed E-state index contributed by atoms with van der Waals surface area (Å²) in [6, 6.07) is 15.5. The fraction of sp³-hybridized carbons (Fsp3) is 0.143. The molecule has 0 spiro atoms. The minimum Gasteiger partial charge on any atom is -0.495 e. The van der Waals surface area contributed by atoms with Gasteiger partial charge in [0, 0.05) is 0 Å². The first-order valence-electron chi connectivity index (χ1n) is 8.46. The Morgan fingerprint density at radius 2 is 1.96 bits per heavy atom. The van der Waals surface area contributed by atoms with Crippen LogP contribution < -0.4 is 15.4 Å². The molecule has 1 amide bonds. The molecule has 2 N–H and O–H groups in total. The summed E-state index contributed by atoms with van der Waals surface area (Å²) in [7, 11) is 1.61. The van der Waals surface area contributed by atoms with Gasteiger partial charge in [0.1, 0.15) is 17.4 Å². The second kappa shape index (κ2) is 8.31. The minimum atomic E-state index is -0.396. The van der Waals surface area contributed by atoms with Crippen molar-refractivity contribution in [2.75, 3.05) is 17.7 Å². The van der Waals surface area contributed by atoms with Crippen molar-refractivity contribution in [3.63, 3.8) is 0 Å². The summed E-state index contributed by atoms with van der Waals surface area (Å²) in [6.07, 6.45) is 1.56. The fourth-order valence-electron chi connectivity index (χ4n) is 2.62. The van der Waals surface area contributed by atoms with Gasteiger partial charge in [-0.3, -0.25) is 4.79 Å². The van der Waals surface area contributed by atoms with Crippen LogP contribution in [-0.4, -0.2) is 18.0 Å². The van der Waals surface area contributed by atoms with Crippen LogP contribution in [0, 0.1) is 12.7 Å². The third-order valence-electron chi connectivity index (χ3n) is 3.97. The number of carbonyl (C=O) groups is 1. The summed E-state index contributed by atoms with van der Waals surface area (Å²) >= 11 is 0. The van der Waals surface area contributed by atoms with E-state index >= 15 is 0 Å². The van der Waals surface area contributed by atoms with E-state index in [2.05, 4.69) is 15.6 Å². The van der Waals surface area contributed by atoms with Gasteiger partial charge in [0.05, 0.1) is 31.1 Å². The molecule has 6 heteroatoms. The highest BCUT2D eigenvalue weighted by atomic mass is 19.1. The third-order valence-corrected chi connectivity index (χ3v) is 3.97. The number of halogens is 1. The highest BCUT2D eigenvalue weighted by Crippen LogP contribution is 2.28. The topological polar surface area (TPSA) is 63.2 Å². The Balaban J connectivity index is 1.64. The molecule has 1 heterocycles. The average Bonchev–Trinajstić information content (AvgIpc) is 2.65. The van der Waals surface area contributed by atoms with E-state index in [1.54, 1.807) is 43.6 Å². The molecular formula is C21H20FN3O2. The van der Waals surface area contributed by atoms with Crippen LogP contribution in [0.1, 0.15) is 11.1 Å². The van der Waals surface area contributed by atoms with Gasteiger partial charge in [0.2, 0.25) is 5.91 Å². The lowest BCUT2D eigenvalue weighted by Crippen LogP contribution is -2.16. The van der Waals surface area contributed by atoms with Crippen molar-refractivity contribution in [1.82, 2.24) is 4.98 Å². The van der Waals surface area contributed by atoms with E-state index in [0.717, 1.165) is 22.7 Å². The molecule has 0 radical (unpaired) electrons. The van der Waals surface area contributed by atoms with Crippen molar-refractivity contribution in [2.24, 2.45) is 0 Å². The van der Waals surface area contributed by atoms with Crippen LogP contribution >= 0.6 is 0 Å².